The smallest absolute Gasteiger partial charge is 0.255 e. The van der Waals surface area contributed by atoms with Gasteiger partial charge in [0.15, 0.2) is 0 Å². The first-order chi connectivity index (χ1) is 12.7. The van der Waals surface area contributed by atoms with E-state index < -0.39 is 0 Å². The van der Waals surface area contributed by atoms with E-state index in [0.717, 1.165) is 30.0 Å². The van der Waals surface area contributed by atoms with Gasteiger partial charge in [-0.3, -0.25) is 4.79 Å². The Balaban J connectivity index is 1.38. The van der Waals surface area contributed by atoms with Crippen molar-refractivity contribution in [3.8, 4) is 11.1 Å². The molecule has 132 valence electrons. The third kappa shape index (κ3) is 3.49. The molecule has 0 bridgehead atoms. The molecular formula is C21H20N2O2S. The van der Waals surface area contributed by atoms with Gasteiger partial charge in [0, 0.05) is 37.1 Å². The lowest BCUT2D eigenvalue weighted by molar-refractivity contribution is 0.0788. The highest BCUT2D eigenvalue weighted by molar-refractivity contribution is 7.08. The van der Waals surface area contributed by atoms with Crippen LogP contribution in [0.25, 0.3) is 11.1 Å². The van der Waals surface area contributed by atoms with Crippen LogP contribution in [0.15, 0.2) is 65.4 Å². The Kier molecular flexibility index (Phi) is 4.73. The summed E-state index contributed by atoms with van der Waals surface area (Å²) in [6.07, 6.45) is 0.325. The first-order valence-corrected chi connectivity index (χ1v) is 9.49. The molecule has 1 aliphatic heterocycles. The molecule has 2 heterocycles. The van der Waals surface area contributed by atoms with Crippen molar-refractivity contribution < 1.29 is 9.53 Å². The average molecular weight is 364 g/mol. The molecule has 0 aliphatic carbocycles. The Morgan fingerprint density at radius 3 is 2.38 bits per heavy atom. The number of methoxy groups -OCH3 is 1. The van der Waals surface area contributed by atoms with Gasteiger partial charge >= 0.3 is 0 Å². The average Bonchev–Trinajstić information content (AvgIpc) is 3.17. The lowest BCUT2D eigenvalue weighted by Crippen LogP contribution is -2.51. The van der Waals surface area contributed by atoms with Gasteiger partial charge in [-0.25, -0.2) is 0 Å². The summed E-state index contributed by atoms with van der Waals surface area (Å²) in [7, 11) is 1.74. The number of benzene rings is 2. The van der Waals surface area contributed by atoms with Gasteiger partial charge in [0.2, 0.25) is 0 Å². The molecule has 1 aromatic heterocycles. The van der Waals surface area contributed by atoms with Crippen molar-refractivity contribution >= 4 is 28.6 Å². The van der Waals surface area contributed by atoms with Gasteiger partial charge in [-0.1, -0.05) is 12.1 Å². The van der Waals surface area contributed by atoms with E-state index in [0.29, 0.717) is 11.7 Å². The molecule has 4 rings (SSSR count). The van der Waals surface area contributed by atoms with Crippen LogP contribution in [0.3, 0.4) is 0 Å². The number of hydrogen-bond acceptors (Lipinski definition) is 4. The zero-order valence-corrected chi connectivity index (χ0v) is 15.3. The normalized spacial score (nSPS) is 14.1. The Morgan fingerprint density at radius 1 is 1.04 bits per heavy atom. The SMILES string of the molecule is COC1CN(c2ccc(NC(=O)c3ccc(-c4ccsc4)cc3)cc2)C1. The number of nitrogens with zero attached hydrogens (tertiary/aromatic N) is 1. The minimum atomic E-state index is -0.0991. The number of ether oxygens (including phenoxy) is 1. The third-order valence-corrected chi connectivity index (χ3v) is 5.36. The molecule has 0 saturated carbocycles. The lowest BCUT2D eigenvalue weighted by Gasteiger charge is -2.40. The molecule has 1 N–H and O–H groups in total. The van der Waals surface area contributed by atoms with Crippen molar-refractivity contribution in [2.45, 2.75) is 6.10 Å². The van der Waals surface area contributed by atoms with E-state index in [9.17, 15) is 4.79 Å². The van der Waals surface area contributed by atoms with Crippen LogP contribution >= 0.6 is 11.3 Å². The maximum Gasteiger partial charge on any atom is 0.255 e. The summed E-state index contributed by atoms with van der Waals surface area (Å²) in [5, 5.41) is 7.11. The van der Waals surface area contributed by atoms with Crippen molar-refractivity contribution in [3.05, 3.63) is 70.9 Å². The Labute approximate surface area is 157 Å². The highest BCUT2D eigenvalue weighted by atomic mass is 32.1. The summed E-state index contributed by atoms with van der Waals surface area (Å²) in [6, 6.07) is 17.7. The van der Waals surface area contributed by atoms with Crippen molar-refractivity contribution in [1.82, 2.24) is 0 Å². The van der Waals surface area contributed by atoms with E-state index in [2.05, 4.69) is 27.0 Å². The highest BCUT2D eigenvalue weighted by Crippen LogP contribution is 2.25. The van der Waals surface area contributed by atoms with Crippen LogP contribution in [0, 0.1) is 0 Å². The van der Waals surface area contributed by atoms with Gasteiger partial charge in [-0.15, -0.1) is 0 Å². The van der Waals surface area contributed by atoms with Crippen LogP contribution in [0.2, 0.25) is 0 Å². The second kappa shape index (κ2) is 7.32. The molecule has 0 radical (unpaired) electrons. The largest absolute Gasteiger partial charge is 0.378 e. The molecule has 0 unspecified atom stereocenters. The zero-order chi connectivity index (χ0) is 17.9. The molecule has 4 nitrogen and oxygen atoms in total. The number of anilines is 2. The van der Waals surface area contributed by atoms with E-state index in [1.54, 1.807) is 18.4 Å². The number of amides is 1. The maximum atomic E-state index is 12.4. The first kappa shape index (κ1) is 16.8. The molecule has 1 fully saturated rings. The number of carbonyl (C=O) groups is 1. The lowest BCUT2D eigenvalue weighted by atomic mass is 10.1. The summed E-state index contributed by atoms with van der Waals surface area (Å²) in [6.45, 7) is 1.83. The quantitative estimate of drug-likeness (QED) is 0.725. The van der Waals surface area contributed by atoms with E-state index in [1.165, 1.54) is 5.56 Å². The zero-order valence-electron chi connectivity index (χ0n) is 14.5. The topological polar surface area (TPSA) is 41.6 Å². The summed E-state index contributed by atoms with van der Waals surface area (Å²) in [4.78, 5) is 14.7. The first-order valence-electron chi connectivity index (χ1n) is 8.55. The van der Waals surface area contributed by atoms with Gasteiger partial charge in [0.1, 0.15) is 0 Å². The predicted octanol–water partition coefficient (Wildman–Crippen LogP) is 4.50. The van der Waals surface area contributed by atoms with Gasteiger partial charge < -0.3 is 15.0 Å². The number of thiophene rings is 1. The van der Waals surface area contributed by atoms with Gasteiger partial charge in [0.05, 0.1) is 6.10 Å². The van der Waals surface area contributed by atoms with Crippen LogP contribution in [0.1, 0.15) is 10.4 Å². The van der Waals surface area contributed by atoms with Crippen molar-refractivity contribution in [2.75, 3.05) is 30.4 Å². The van der Waals surface area contributed by atoms with Crippen molar-refractivity contribution in [3.63, 3.8) is 0 Å². The standard InChI is InChI=1S/C21H20N2O2S/c1-25-20-12-23(13-20)19-8-6-18(7-9-19)22-21(24)16-4-2-15(3-5-16)17-10-11-26-14-17/h2-11,14,20H,12-13H2,1H3,(H,22,24). The number of rotatable bonds is 5. The van der Waals surface area contributed by atoms with Crippen LogP contribution in [0.4, 0.5) is 11.4 Å². The van der Waals surface area contributed by atoms with Gasteiger partial charge in [0.25, 0.3) is 5.91 Å². The molecule has 1 amide bonds. The number of nitrogens with one attached hydrogen (secondary N) is 1. The molecular weight excluding hydrogens is 344 g/mol. The fourth-order valence-corrected chi connectivity index (χ4v) is 3.66. The second-order valence-corrected chi connectivity index (χ2v) is 7.13. The molecule has 0 atom stereocenters. The Morgan fingerprint density at radius 2 is 1.77 bits per heavy atom. The molecule has 2 aromatic carbocycles. The summed E-state index contributed by atoms with van der Waals surface area (Å²) >= 11 is 1.67. The highest BCUT2D eigenvalue weighted by Gasteiger charge is 2.26. The molecule has 3 aromatic rings. The van der Waals surface area contributed by atoms with Crippen molar-refractivity contribution in [2.24, 2.45) is 0 Å². The molecule has 26 heavy (non-hydrogen) atoms. The van der Waals surface area contributed by atoms with E-state index in [1.807, 2.05) is 48.5 Å². The van der Waals surface area contributed by atoms with Crippen LogP contribution in [-0.4, -0.2) is 32.2 Å². The Bertz CT molecular complexity index is 867. The van der Waals surface area contributed by atoms with E-state index in [4.69, 9.17) is 4.74 Å². The van der Waals surface area contributed by atoms with Crippen LogP contribution in [0.5, 0.6) is 0 Å². The third-order valence-electron chi connectivity index (χ3n) is 4.67. The minimum absolute atomic E-state index is 0.0991. The molecule has 5 heteroatoms. The van der Waals surface area contributed by atoms with Crippen LogP contribution in [-0.2, 0) is 4.74 Å². The van der Waals surface area contributed by atoms with Crippen LogP contribution < -0.4 is 10.2 Å². The maximum absolute atomic E-state index is 12.4. The fourth-order valence-electron chi connectivity index (χ4n) is 3.00. The van der Waals surface area contributed by atoms with E-state index in [-0.39, 0.29) is 5.91 Å². The number of carbonyl (C=O) groups excluding carboxylic acids is 1. The second-order valence-electron chi connectivity index (χ2n) is 6.35. The fraction of sp³-hybridized carbons (Fsp3) is 0.190. The monoisotopic (exact) mass is 364 g/mol. The molecule has 0 spiro atoms. The van der Waals surface area contributed by atoms with Gasteiger partial charge in [-0.2, -0.15) is 11.3 Å². The molecule has 1 saturated heterocycles. The summed E-state index contributed by atoms with van der Waals surface area (Å²) in [5.41, 5.74) is 4.90. The predicted molar refractivity (Wildman–Crippen MR) is 107 cm³/mol. The Hall–Kier alpha value is -2.63. The van der Waals surface area contributed by atoms with Crippen molar-refractivity contribution in [1.29, 1.82) is 0 Å². The van der Waals surface area contributed by atoms with Gasteiger partial charge in [-0.05, 0) is 64.4 Å². The summed E-state index contributed by atoms with van der Waals surface area (Å²) < 4.78 is 5.30. The number of hydrogen-bond donors (Lipinski definition) is 1. The molecule has 1 aliphatic rings. The van der Waals surface area contributed by atoms with E-state index >= 15 is 0 Å². The minimum Gasteiger partial charge on any atom is -0.378 e. The summed E-state index contributed by atoms with van der Waals surface area (Å²) in [5.74, 6) is -0.0991.